The van der Waals surface area contributed by atoms with Crippen LogP contribution in [0, 0.1) is 0 Å². The zero-order valence-electron chi connectivity index (χ0n) is 12.2. The van der Waals surface area contributed by atoms with Gasteiger partial charge in [0.1, 0.15) is 11.9 Å². The van der Waals surface area contributed by atoms with Crippen LogP contribution >= 0.6 is 0 Å². The molecule has 6 nitrogen and oxygen atoms in total. The van der Waals surface area contributed by atoms with Crippen LogP contribution in [0.4, 0.5) is 10.5 Å². The summed E-state index contributed by atoms with van der Waals surface area (Å²) < 4.78 is 6.07. The predicted molar refractivity (Wildman–Crippen MR) is 80.2 cm³/mol. The molecule has 2 heterocycles. The van der Waals surface area contributed by atoms with Gasteiger partial charge in [0.25, 0.3) is 0 Å². The standard InChI is InChI=1S/C15H21N3O3/c1-16-10-12(11-16)21-14-5-3-2-4-13(14)17-6-8-18(9-7-17)15(19)20/h2-5,12H,6-11H2,1H3,(H,19,20). The Bertz CT molecular complexity index is 509. The molecule has 2 aliphatic heterocycles. The molecule has 1 aromatic carbocycles. The number of carboxylic acid groups (broad SMARTS) is 1. The number of likely N-dealkylation sites (N-methyl/N-ethyl adjacent to an activating group) is 1. The molecule has 1 N–H and O–H groups in total. The van der Waals surface area contributed by atoms with E-state index in [1.54, 1.807) is 0 Å². The first-order chi connectivity index (χ1) is 10.1. The Morgan fingerprint density at radius 2 is 1.86 bits per heavy atom. The average molecular weight is 291 g/mol. The second-order valence-electron chi connectivity index (χ2n) is 5.69. The number of rotatable bonds is 3. The van der Waals surface area contributed by atoms with Crippen molar-refractivity contribution >= 4 is 11.8 Å². The molecular formula is C15H21N3O3. The molecule has 1 amide bonds. The molecule has 0 saturated carbocycles. The minimum absolute atomic E-state index is 0.261. The number of carbonyl (C=O) groups is 1. The summed E-state index contributed by atoms with van der Waals surface area (Å²) in [5.41, 5.74) is 1.07. The predicted octanol–water partition coefficient (Wildman–Crippen LogP) is 1.18. The number of hydrogen-bond donors (Lipinski definition) is 1. The monoisotopic (exact) mass is 291 g/mol. The van der Waals surface area contributed by atoms with Gasteiger partial charge in [-0.15, -0.1) is 0 Å². The van der Waals surface area contributed by atoms with Crippen LogP contribution in [0.1, 0.15) is 0 Å². The summed E-state index contributed by atoms with van der Waals surface area (Å²) in [6.07, 6.45) is -0.576. The van der Waals surface area contributed by atoms with Crippen molar-refractivity contribution in [2.75, 3.05) is 51.2 Å². The molecule has 114 valence electrons. The summed E-state index contributed by atoms with van der Waals surface area (Å²) in [5, 5.41) is 9.01. The molecule has 0 aliphatic carbocycles. The van der Waals surface area contributed by atoms with E-state index in [-0.39, 0.29) is 6.10 Å². The van der Waals surface area contributed by atoms with Gasteiger partial charge in [0.2, 0.25) is 0 Å². The minimum Gasteiger partial charge on any atom is -0.486 e. The van der Waals surface area contributed by atoms with Crippen LogP contribution in [-0.2, 0) is 0 Å². The Labute approximate surface area is 124 Å². The van der Waals surface area contributed by atoms with Crippen LogP contribution in [-0.4, -0.2) is 73.4 Å². The van der Waals surface area contributed by atoms with E-state index in [0.29, 0.717) is 26.2 Å². The first-order valence-corrected chi connectivity index (χ1v) is 7.30. The fraction of sp³-hybridized carbons (Fsp3) is 0.533. The zero-order chi connectivity index (χ0) is 14.8. The summed E-state index contributed by atoms with van der Waals surface area (Å²) in [6.45, 7) is 4.41. The number of amides is 1. The van der Waals surface area contributed by atoms with Gasteiger partial charge in [-0.25, -0.2) is 4.79 Å². The third kappa shape index (κ3) is 3.05. The molecule has 0 radical (unpaired) electrons. The smallest absolute Gasteiger partial charge is 0.407 e. The normalized spacial score (nSPS) is 20.2. The Morgan fingerprint density at radius 3 is 2.48 bits per heavy atom. The molecule has 1 aromatic rings. The highest BCUT2D eigenvalue weighted by Gasteiger charge is 2.27. The molecule has 3 rings (SSSR count). The molecule has 0 spiro atoms. The van der Waals surface area contributed by atoms with E-state index in [9.17, 15) is 4.79 Å². The van der Waals surface area contributed by atoms with Crippen molar-refractivity contribution in [1.82, 2.24) is 9.80 Å². The van der Waals surface area contributed by atoms with Gasteiger partial charge >= 0.3 is 6.09 Å². The van der Waals surface area contributed by atoms with Gasteiger partial charge in [-0.2, -0.15) is 0 Å². The van der Waals surface area contributed by atoms with E-state index in [1.807, 2.05) is 24.3 Å². The first kappa shape index (κ1) is 14.0. The van der Waals surface area contributed by atoms with Crippen molar-refractivity contribution in [3.05, 3.63) is 24.3 Å². The Kier molecular flexibility index (Phi) is 3.88. The molecule has 2 aliphatic rings. The lowest BCUT2D eigenvalue weighted by molar-refractivity contribution is 0.0391. The lowest BCUT2D eigenvalue weighted by Gasteiger charge is -2.38. The van der Waals surface area contributed by atoms with Crippen molar-refractivity contribution in [2.24, 2.45) is 0 Å². The van der Waals surface area contributed by atoms with Crippen LogP contribution in [0.5, 0.6) is 5.75 Å². The largest absolute Gasteiger partial charge is 0.486 e. The zero-order valence-corrected chi connectivity index (χ0v) is 12.2. The van der Waals surface area contributed by atoms with Crippen molar-refractivity contribution in [2.45, 2.75) is 6.10 Å². The molecular weight excluding hydrogens is 270 g/mol. The molecule has 2 saturated heterocycles. The van der Waals surface area contributed by atoms with Gasteiger partial charge in [-0.3, -0.25) is 4.90 Å². The molecule has 21 heavy (non-hydrogen) atoms. The molecule has 0 aromatic heterocycles. The van der Waals surface area contributed by atoms with Crippen molar-refractivity contribution in [3.8, 4) is 5.75 Å². The molecule has 0 bridgehead atoms. The second kappa shape index (κ2) is 5.81. The van der Waals surface area contributed by atoms with E-state index in [0.717, 1.165) is 24.5 Å². The SMILES string of the molecule is CN1CC(Oc2ccccc2N2CCN(C(=O)O)CC2)C1. The van der Waals surface area contributed by atoms with E-state index in [1.165, 1.54) is 4.90 Å². The number of likely N-dealkylation sites (tertiary alicyclic amines) is 1. The Balaban J connectivity index is 1.66. The highest BCUT2D eigenvalue weighted by molar-refractivity contribution is 5.66. The van der Waals surface area contributed by atoms with E-state index >= 15 is 0 Å². The van der Waals surface area contributed by atoms with Gasteiger partial charge in [0.05, 0.1) is 5.69 Å². The van der Waals surface area contributed by atoms with Crippen LogP contribution in [0.15, 0.2) is 24.3 Å². The topological polar surface area (TPSA) is 56.2 Å². The van der Waals surface area contributed by atoms with Crippen molar-refractivity contribution in [1.29, 1.82) is 0 Å². The van der Waals surface area contributed by atoms with Crippen molar-refractivity contribution in [3.63, 3.8) is 0 Å². The van der Waals surface area contributed by atoms with Crippen molar-refractivity contribution < 1.29 is 14.6 Å². The maximum absolute atomic E-state index is 11.0. The summed E-state index contributed by atoms with van der Waals surface area (Å²) in [7, 11) is 2.08. The number of piperazine rings is 1. The fourth-order valence-electron chi connectivity index (χ4n) is 2.85. The second-order valence-corrected chi connectivity index (χ2v) is 5.69. The molecule has 6 heteroatoms. The summed E-state index contributed by atoms with van der Waals surface area (Å²) in [4.78, 5) is 16.9. The minimum atomic E-state index is -0.836. The van der Waals surface area contributed by atoms with Gasteiger partial charge in [0, 0.05) is 39.3 Å². The maximum atomic E-state index is 11.0. The maximum Gasteiger partial charge on any atom is 0.407 e. The number of anilines is 1. The lowest BCUT2D eigenvalue weighted by atomic mass is 10.2. The average Bonchev–Trinajstić information content (AvgIpc) is 2.46. The fourth-order valence-corrected chi connectivity index (χ4v) is 2.85. The third-order valence-corrected chi connectivity index (χ3v) is 4.08. The Hall–Kier alpha value is -1.95. The van der Waals surface area contributed by atoms with E-state index in [4.69, 9.17) is 9.84 Å². The van der Waals surface area contributed by atoms with Gasteiger partial charge in [-0.1, -0.05) is 12.1 Å². The van der Waals surface area contributed by atoms with Gasteiger partial charge in [0.15, 0.2) is 0 Å². The number of nitrogens with zero attached hydrogens (tertiary/aromatic N) is 3. The quantitative estimate of drug-likeness (QED) is 0.906. The third-order valence-electron chi connectivity index (χ3n) is 4.08. The van der Waals surface area contributed by atoms with Crippen LogP contribution in [0.25, 0.3) is 0 Å². The molecule has 0 atom stereocenters. The van der Waals surface area contributed by atoms with Gasteiger partial charge < -0.3 is 19.6 Å². The number of hydrogen-bond acceptors (Lipinski definition) is 4. The number of ether oxygens (including phenoxy) is 1. The highest BCUT2D eigenvalue weighted by atomic mass is 16.5. The number of benzene rings is 1. The van der Waals surface area contributed by atoms with E-state index in [2.05, 4.69) is 16.8 Å². The Morgan fingerprint density at radius 1 is 1.19 bits per heavy atom. The van der Waals surface area contributed by atoms with Gasteiger partial charge in [-0.05, 0) is 19.2 Å². The molecule has 0 unspecified atom stereocenters. The number of para-hydroxylation sites is 2. The summed E-state index contributed by atoms with van der Waals surface area (Å²) in [5.74, 6) is 0.902. The van der Waals surface area contributed by atoms with Crippen LogP contribution in [0.2, 0.25) is 0 Å². The lowest BCUT2D eigenvalue weighted by Crippen LogP contribution is -2.51. The van der Waals surface area contributed by atoms with Crippen LogP contribution < -0.4 is 9.64 Å². The summed E-state index contributed by atoms with van der Waals surface area (Å²) >= 11 is 0. The van der Waals surface area contributed by atoms with E-state index < -0.39 is 6.09 Å². The summed E-state index contributed by atoms with van der Waals surface area (Å²) in [6, 6.07) is 8.03. The first-order valence-electron chi connectivity index (χ1n) is 7.30. The highest BCUT2D eigenvalue weighted by Crippen LogP contribution is 2.30. The molecule has 2 fully saturated rings. The van der Waals surface area contributed by atoms with Crippen LogP contribution in [0.3, 0.4) is 0 Å².